The van der Waals surface area contributed by atoms with Gasteiger partial charge in [-0.05, 0) is 67.3 Å². The fraction of sp³-hybridized carbons (Fsp3) is 0.257. The molecule has 0 saturated carbocycles. The fourth-order valence-electron chi connectivity index (χ4n) is 4.90. The molecule has 236 valence electrons. The molecule has 0 unspecified atom stereocenters. The summed E-state index contributed by atoms with van der Waals surface area (Å²) >= 11 is 12.7. The lowest BCUT2D eigenvalue weighted by molar-refractivity contribution is -0.140. The summed E-state index contributed by atoms with van der Waals surface area (Å²) < 4.78 is 29.3. The van der Waals surface area contributed by atoms with Crippen molar-refractivity contribution in [3.63, 3.8) is 0 Å². The summed E-state index contributed by atoms with van der Waals surface area (Å²) in [6.07, 6.45) is 0.896. The van der Waals surface area contributed by atoms with Crippen molar-refractivity contribution in [3.8, 4) is 0 Å². The van der Waals surface area contributed by atoms with Gasteiger partial charge in [-0.3, -0.25) is 13.9 Å². The zero-order chi connectivity index (χ0) is 32.6. The third kappa shape index (κ3) is 8.66. The SMILES string of the molecule is CC[C@@H](C)NC(=O)[C@H](Cc1ccccc1)N(Cc1ccc(Cl)cc1Cl)C(=O)CN(c1ccccc1C)S(=O)(=O)c1ccccc1. The Morgan fingerprint density at radius 1 is 0.867 bits per heavy atom. The van der Waals surface area contributed by atoms with Crippen molar-refractivity contribution < 1.29 is 18.0 Å². The Labute approximate surface area is 275 Å². The quantitative estimate of drug-likeness (QED) is 0.166. The van der Waals surface area contributed by atoms with Crippen molar-refractivity contribution in [3.05, 3.63) is 130 Å². The van der Waals surface area contributed by atoms with Crippen LogP contribution < -0.4 is 9.62 Å². The molecular formula is C35H37Cl2N3O4S. The molecule has 1 N–H and O–H groups in total. The molecule has 0 aromatic heterocycles. The molecule has 10 heteroatoms. The number of anilines is 1. The van der Waals surface area contributed by atoms with Crippen LogP contribution in [0, 0.1) is 6.92 Å². The molecule has 4 aromatic carbocycles. The molecule has 0 heterocycles. The first kappa shape index (κ1) is 34.0. The van der Waals surface area contributed by atoms with Crippen LogP contribution in [0.1, 0.15) is 37.0 Å². The molecule has 4 rings (SSSR count). The highest BCUT2D eigenvalue weighted by Crippen LogP contribution is 2.29. The van der Waals surface area contributed by atoms with E-state index in [0.717, 1.165) is 9.87 Å². The average Bonchev–Trinajstić information content (AvgIpc) is 3.03. The predicted octanol–water partition coefficient (Wildman–Crippen LogP) is 7.05. The van der Waals surface area contributed by atoms with Gasteiger partial charge in [-0.25, -0.2) is 8.42 Å². The Balaban J connectivity index is 1.83. The number of carbonyl (C=O) groups is 2. The van der Waals surface area contributed by atoms with Crippen LogP contribution in [-0.2, 0) is 32.6 Å². The van der Waals surface area contributed by atoms with Crippen LogP contribution in [0.3, 0.4) is 0 Å². The van der Waals surface area contributed by atoms with Gasteiger partial charge in [0.2, 0.25) is 11.8 Å². The number of para-hydroxylation sites is 1. The normalized spacial score (nSPS) is 12.6. The Hall–Kier alpha value is -3.85. The summed E-state index contributed by atoms with van der Waals surface area (Å²) in [7, 11) is -4.18. The first-order chi connectivity index (χ1) is 21.5. The van der Waals surface area contributed by atoms with Crippen LogP contribution in [0.25, 0.3) is 0 Å². The van der Waals surface area contributed by atoms with Gasteiger partial charge >= 0.3 is 0 Å². The van der Waals surface area contributed by atoms with Crippen LogP contribution in [0.5, 0.6) is 0 Å². The van der Waals surface area contributed by atoms with Gasteiger partial charge in [0.1, 0.15) is 12.6 Å². The number of halogens is 2. The summed E-state index contributed by atoms with van der Waals surface area (Å²) in [5, 5.41) is 3.78. The Bertz CT molecular complexity index is 1720. The highest BCUT2D eigenvalue weighted by molar-refractivity contribution is 7.92. The van der Waals surface area contributed by atoms with Crippen molar-refractivity contribution in [2.75, 3.05) is 10.8 Å². The molecule has 0 aliphatic rings. The van der Waals surface area contributed by atoms with Gasteiger partial charge < -0.3 is 10.2 Å². The van der Waals surface area contributed by atoms with Crippen molar-refractivity contribution >= 4 is 50.7 Å². The molecule has 0 aliphatic carbocycles. The lowest BCUT2D eigenvalue weighted by atomic mass is 10.0. The Morgan fingerprint density at radius 3 is 2.11 bits per heavy atom. The molecule has 7 nitrogen and oxygen atoms in total. The number of nitrogens with zero attached hydrogens (tertiary/aromatic N) is 2. The zero-order valence-electron chi connectivity index (χ0n) is 25.5. The number of nitrogens with one attached hydrogen (secondary N) is 1. The average molecular weight is 667 g/mol. The smallest absolute Gasteiger partial charge is 0.264 e. The van der Waals surface area contributed by atoms with E-state index in [1.165, 1.54) is 17.0 Å². The van der Waals surface area contributed by atoms with Crippen LogP contribution >= 0.6 is 23.2 Å². The van der Waals surface area contributed by atoms with Gasteiger partial charge in [0.25, 0.3) is 10.0 Å². The van der Waals surface area contributed by atoms with E-state index in [-0.39, 0.29) is 29.8 Å². The summed E-state index contributed by atoms with van der Waals surface area (Å²) in [5.41, 5.74) is 2.45. The van der Waals surface area contributed by atoms with E-state index >= 15 is 0 Å². The Kier molecular flexibility index (Phi) is 11.7. The maximum absolute atomic E-state index is 14.6. The molecule has 0 saturated heterocycles. The zero-order valence-corrected chi connectivity index (χ0v) is 27.8. The van der Waals surface area contributed by atoms with Crippen LogP contribution in [-0.4, -0.2) is 43.8 Å². The number of rotatable bonds is 13. The second-order valence-corrected chi connectivity index (χ2v) is 13.6. The monoisotopic (exact) mass is 665 g/mol. The number of benzene rings is 4. The lowest BCUT2D eigenvalue weighted by Gasteiger charge is -2.34. The molecule has 2 atom stereocenters. The molecule has 0 aliphatic heterocycles. The molecule has 0 radical (unpaired) electrons. The number of carbonyl (C=O) groups excluding carboxylic acids is 2. The molecule has 0 bridgehead atoms. The number of aryl methyl sites for hydroxylation is 1. The molecule has 4 aromatic rings. The number of hydrogen-bond acceptors (Lipinski definition) is 4. The third-order valence-electron chi connectivity index (χ3n) is 7.62. The number of sulfonamides is 1. The maximum Gasteiger partial charge on any atom is 0.264 e. The van der Waals surface area contributed by atoms with Crippen molar-refractivity contribution in [2.24, 2.45) is 0 Å². The Morgan fingerprint density at radius 2 is 1.49 bits per heavy atom. The van der Waals surface area contributed by atoms with Gasteiger partial charge in [0.05, 0.1) is 10.6 Å². The first-order valence-electron chi connectivity index (χ1n) is 14.7. The van der Waals surface area contributed by atoms with E-state index in [1.807, 2.05) is 44.2 Å². The highest BCUT2D eigenvalue weighted by Gasteiger charge is 2.35. The molecule has 45 heavy (non-hydrogen) atoms. The second-order valence-electron chi connectivity index (χ2n) is 10.9. The van der Waals surface area contributed by atoms with Crippen LogP contribution in [0.15, 0.2) is 108 Å². The van der Waals surface area contributed by atoms with E-state index in [1.54, 1.807) is 67.6 Å². The topological polar surface area (TPSA) is 86.8 Å². The minimum absolute atomic E-state index is 0.0451. The van der Waals surface area contributed by atoms with Crippen LogP contribution in [0.2, 0.25) is 10.0 Å². The maximum atomic E-state index is 14.6. The van der Waals surface area contributed by atoms with Gasteiger partial charge in [-0.15, -0.1) is 0 Å². The lowest BCUT2D eigenvalue weighted by Crippen LogP contribution is -2.54. The van der Waals surface area contributed by atoms with Crippen LogP contribution in [0.4, 0.5) is 5.69 Å². The van der Waals surface area contributed by atoms with E-state index in [4.69, 9.17) is 23.2 Å². The van der Waals surface area contributed by atoms with E-state index in [0.29, 0.717) is 33.3 Å². The summed E-state index contributed by atoms with van der Waals surface area (Å²) in [5.74, 6) is -0.913. The van der Waals surface area contributed by atoms with Gasteiger partial charge in [-0.1, -0.05) is 103 Å². The highest BCUT2D eigenvalue weighted by atomic mass is 35.5. The van der Waals surface area contributed by atoms with E-state index < -0.39 is 28.5 Å². The second kappa shape index (κ2) is 15.4. The number of amides is 2. The van der Waals surface area contributed by atoms with Crippen molar-refractivity contribution in [1.82, 2.24) is 10.2 Å². The van der Waals surface area contributed by atoms with Gasteiger partial charge in [0, 0.05) is 29.1 Å². The summed E-state index contributed by atoms with van der Waals surface area (Å²) in [6.45, 7) is 5.05. The molecule has 0 spiro atoms. The first-order valence-corrected chi connectivity index (χ1v) is 16.9. The molecule has 2 amide bonds. The predicted molar refractivity (Wildman–Crippen MR) is 181 cm³/mol. The van der Waals surface area contributed by atoms with Gasteiger partial charge in [-0.2, -0.15) is 0 Å². The standard InChI is InChI=1S/C35H37Cl2N3O4S/c1-4-26(3)38-35(42)33(21-27-14-7-5-8-15-27)39(23-28-19-20-29(36)22-31(28)37)34(41)24-40(32-18-12-11-13-25(32)2)45(43,44)30-16-9-6-10-17-30/h5-20,22,26,33H,4,21,23-24H2,1-3H3,(H,38,42)/t26-,33+/m1/s1. The van der Waals surface area contributed by atoms with Crippen molar-refractivity contribution in [1.29, 1.82) is 0 Å². The summed E-state index contributed by atoms with van der Waals surface area (Å²) in [4.78, 5) is 30.0. The fourth-order valence-corrected chi connectivity index (χ4v) is 6.87. The largest absolute Gasteiger partial charge is 0.352 e. The molecule has 0 fully saturated rings. The van der Waals surface area contributed by atoms with E-state index in [2.05, 4.69) is 5.32 Å². The minimum atomic E-state index is -4.18. The molecular weight excluding hydrogens is 629 g/mol. The van der Waals surface area contributed by atoms with E-state index in [9.17, 15) is 18.0 Å². The third-order valence-corrected chi connectivity index (χ3v) is 9.98. The van der Waals surface area contributed by atoms with Crippen molar-refractivity contribution in [2.45, 2.75) is 57.1 Å². The summed E-state index contributed by atoms with van der Waals surface area (Å²) in [6, 6.07) is 28.2. The van der Waals surface area contributed by atoms with Gasteiger partial charge in [0.15, 0.2) is 0 Å². The minimum Gasteiger partial charge on any atom is -0.352 e. The number of hydrogen-bond donors (Lipinski definition) is 1.